The van der Waals surface area contributed by atoms with Crippen LogP contribution in [0.15, 0.2) is 24.3 Å². The van der Waals surface area contributed by atoms with E-state index in [0.717, 1.165) is 12.0 Å². The van der Waals surface area contributed by atoms with Crippen molar-refractivity contribution in [2.75, 3.05) is 13.1 Å². The molecular formula is C17H24N2O4. The van der Waals surface area contributed by atoms with E-state index in [-0.39, 0.29) is 23.9 Å². The smallest absolute Gasteiger partial charge is 0.335 e. The standard InChI is InChI=1S/C17H24N2O4/c1-12(2)6-7-15(20)19-11-16(21)18-9-8-13-4-3-5-14(10-13)17(22)23/h3-5,10,12H,6-9,11H2,1-2H3,(H,18,21)(H,19,20)(H,22,23). The molecule has 0 spiro atoms. The molecule has 0 aliphatic carbocycles. The van der Waals surface area contributed by atoms with E-state index in [4.69, 9.17) is 5.11 Å². The second kappa shape index (κ2) is 9.61. The lowest BCUT2D eigenvalue weighted by atomic mass is 10.1. The molecule has 0 aromatic heterocycles. The monoisotopic (exact) mass is 320 g/mol. The average molecular weight is 320 g/mol. The zero-order chi connectivity index (χ0) is 17.2. The first-order chi connectivity index (χ1) is 10.9. The van der Waals surface area contributed by atoms with Crippen LogP contribution >= 0.6 is 0 Å². The van der Waals surface area contributed by atoms with Crippen LogP contribution in [0.1, 0.15) is 42.6 Å². The molecule has 1 rings (SSSR count). The summed E-state index contributed by atoms with van der Waals surface area (Å²) in [6.07, 6.45) is 1.76. The van der Waals surface area contributed by atoms with Crippen LogP contribution in [0.5, 0.6) is 0 Å². The van der Waals surface area contributed by atoms with Crippen LogP contribution in [-0.4, -0.2) is 36.0 Å². The molecule has 0 aliphatic heterocycles. The number of rotatable bonds is 9. The average Bonchev–Trinajstić information content (AvgIpc) is 2.51. The third kappa shape index (κ3) is 7.99. The van der Waals surface area contributed by atoms with E-state index in [2.05, 4.69) is 10.6 Å². The molecule has 6 heteroatoms. The molecule has 0 saturated heterocycles. The highest BCUT2D eigenvalue weighted by atomic mass is 16.4. The Morgan fingerprint density at radius 1 is 1.13 bits per heavy atom. The quantitative estimate of drug-likeness (QED) is 0.644. The van der Waals surface area contributed by atoms with Crippen molar-refractivity contribution < 1.29 is 19.5 Å². The Labute approximate surface area is 136 Å². The Bertz CT molecular complexity index is 555. The zero-order valence-corrected chi connectivity index (χ0v) is 13.6. The second-order valence-electron chi connectivity index (χ2n) is 5.81. The van der Waals surface area contributed by atoms with Crippen molar-refractivity contribution in [1.82, 2.24) is 10.6 Å². The van der Waals surface area contributed by atoms with E-state index in [9.17, 15) is 14.4 Å². The van der Waals surface area contributed by atoms with Crippen LogP contribution in [0.25, 0.3) is 0 Å². The number of hydrogen-bond donors (Lipinski definition) is 3. The molecule has 3 N–H and O–H groups in total. The van der Waals surface area contributed by atoms with Gasteiger partial charge >= 0.3 is 5.97 Å². The van der Waals surface area contributed by atoms with Crippen LogP contribution in [0.3, 0.4) is 0 Å². The molecule has 0 atom stereocenters. The predicted octanol–water partition coefficient (Wildman–Crippen LogP) is 1.60. The molecule has 6 nitrogen and oxygen atoms in total. The van der Waals surface area contributed by atoms with Crippen molar-refractivity contribution in [1.29, 1.82) is 0 Å². The van der Waals surface area contributed by atoms with Gasteiger partial charge in [-0.2, -0.15) is 0 Å². The third-order valence-corrected chi connectivity index (χ3v) is 3.30. The van der Waals surface area contributed by atoms with Crippen LogP contribution < -0.4 is 10.6 Å². The van der Waals surface area contributed by atoms with Crippen molar-refractivity contribution in [3.05, 3.63) is 35.4 Å². The Balaban J connectivity index is 2.25. The minimum atomic E-state index is -0.972. The van der Waals surface area contributed by atoms with E-state index >= 15 is 0 Å². The van der Waals surface area contributed by atoms with Gasteiger partial charge in [0.1, 0.15) is 0 Å². The molecule has 2 amide bonds. The van der Waals surface area contributed by atoms with Gasteiger partial charge in [-0.05, 0) is 36.5 Å². The van der Waals surface area contributed by atoms with E-state index < -0.39 is 5.97 Å². The molecular weight excluding hydrogens is 296 g/mol. The number of hydrogen-bond acceptors (Lipinski definition) is 3. The Kier molecular flexibility index (Phi) is 7.80. The van der Waals surface area contributed by atoms with Gasteiger partial charge in [-0.1, -0.05) is 26.0 Å². The van der Waals surface area contributed by atoms with Gasteiger partial charge in [0.05, 0.1) is 12.1 Å². The van der Waals surface area contributed by atoms with Crippen molar-refractivity contribution in [3.63, 3.8) is 0 Å². The molecule has 0 bridgehead atoms. The van der Waals surface area contributed by atoms with Crippen molar-refractivity contribution in [2.45, 2.75) is 33.1 Å². The summed E-state index contributed by atoms with van der Waals surface area (Å²) in [5.74, 6) is -0.892. The highest BCUT2D eigenvalue weighted by molar-refractivity contribution is 5.87. The van der Waals surface area contributed by atoms with Crippen molar-refractivity contribution in [2.24, 2.45) is 5.92 Å². The van der Waals surface area contributed by atoms with Crippen LogP contribution in [0.4, 0.5) is 0 Å². The normalized spacial score (nSPS) is 10.4. The summed E-state index contributed by atoms with van der Waals surface area (Å²) in [5.41, 5.74) is 1.07. The molecule has 0 aliphatic rings. The largest absolute Gasteiger partial charge is 0.478 e. The number of aromatic carboxylic acids is 1. The first-order valence-electron chi connectivity index (χ1n) is 7.74. The Morgan fingerprint density at radius 2 is 1.87 bits per heavy atom. The first-order valence-corrected chi connectivity index (χ1v) is 7.74. The molecule has 0 unspecified atom stereocenters. The summed E-state index contributed by atoms with van der Waals surface area (Å²) in [7, 11) is 0. The van der Waals surface area contributed by atoms with Gasteiger partial charge in [0.15, 0.2) is 0 Å². The summed E-state index contributed by atoms with van der Waals surface area (Å²) >= 11 is 0. The van der Waals surface area contributed by atoms with Gasteiger partial charge < -0.3 is 15.7 Å². The lowest BCUT2D eigenvalue weighted by Gasteiger charge is -2.08. The fourth-order valence-electron chi connectivity index (χ4n) is 1.96. The van der Waals surface area contributed by atoms with Crippen molar-refractivity contribution >= 4 is 17.8 Å². The second-order valence-corrected chi connectivity index (χ2v) is 5.81. The van der Waals surface area contributed by atoms with Crippen LogP contribution in [0.2, 0.25) is 0 Å². The number of nitrogens with one attached hydrogen (secondary N) is 2. The molecule has 1 aromatic rings. The number of carboxylic acids is 1. The minimum absolute atomic E-state index is 0.0356. The highest BCUT2D eigenvalue weighted by Crippen LogP contribution is 2.05. The molecule has 23 heavy (non-hydrogen) atoms. The van der Waals surface area contributed by atoms with Gasteiger partial charge in [0.25, 0.3) is 0 Å². The fraction of sp³-hybridized carbons (Fsp3) is 0.471. The van der Waals surface area contributed by atoms with Gasteiger partial charge in [-0.3, -0.25) is 9.59 Å². The van der Waals surface area contributed by atoms with E-state index in [1.807, 2.05) is 19.9 Å². The maximum Gasteiger partial charge on any atom is 0.335 e. The Morgan fingerprint density at radius 3 is 2.52 bits per heavy atom. The van der Waals surface area contributed by atoms with Gasteiger partial charge in [-0.25, -0.2) is 4.79 Å². The fourth-order valence-corrected chi connectivity index (χ4v) is 1.96. The maximum atomic E-state index is 11.6. The zero-order valence-electron chi connectivity index (χ0n) is 13.6. The van der Waals surface area contributed by atoms with E-state index in [1.165, 1.54) is 6.07 Å². The van der Waals surface area contributed by atoms with Crippen LogP contribution in [-0.2, 0) is 16.0 Å². The van der Waals surface area contributed by atoms with Gasteiger partial charge in [-0.15, -0.1) is 0 Å². The SMILES string of the molecule is CC(C)CCC(=O)NCC(=O)NCCc1cccc(C(=O)O)c1. The topological polar surface area (TPSA) is 95.5 Å². The summed E-state index contributed by atoms with van der Waals surface area (Å²) in [5, 5.41) is 14.2. The number of carbonyl (C=O) groups is 3. The number of amides is 2. The van der Waals surface area contributed by atoms with Gasteiger partial charge in [0.2, 0.25) is 11.8 Å². The third-order valence-electron chi connectivity index (χ3n) is 3.30. The number of carboxylic acid groups (broad SMARTS) is 1. The Hall–Kier alpha value is -2.37. The lowest BCUT2D eigenvalue weighted by Crippen LogP contribution is -2.37. The molecule has 0 saturated carbocycles. The number of benzene rings is 1. The summed E-state index contributed by atoms with van der Waals surface area (Å²) in [6, 6.07) is 6.60. The summed E-state index contributed by atoms with van der Waals surface area (Å²) < 4.78 is 0. The first kappa shape index (κ1) is 18.7. The van der Waals surface area contributed by atoms with Crippen molar-refractivity contribution in [3.8, 4) is 0 Å². The minimum Gasteiger partial charge on any atom is -0.478 e. The highest BCUT2D eigenvalue weighted by Gasteiger charge is 2.07. The number of carbonyl (C=O) groups excluding carboxylic acids is 2. The summed E-state index contributed by atoms with van der Waals surface area (Å²) in [4.78, 5) is 34.0. The molecule has 0 fully saturated rings. The maximum absolute atomic E-state index is 11.6. The van der Waals surface area contributed by atoms with E-state index in [1.54, 1.807) is 12.1 Å². The molecule has 126 valence electrons. The lowest BCUT2D eigenvalue weighted by molar-refractivity contribution is -0.126. The molecule has 0 radical (unpaired) electrons. The summed E-state index contributed by atoms with van der Waals surface area (Å²) in [6.45, 7) is 4.44. The predicted molar refractivity (Wildman–Crippen MR) is 87.2 cm³/mol. The van der Waals surface area contributed by atoms with Crippen LogP contribution in [0, 0.1) is 5.92 Å². The molecule has 0 heterocycles. The molecule has 1 aromatic carbocycles. The van der Waals surface area contributed by atoms with Gasteiger partial charge in [0, 0.05) is 13.0 Å². The van der Waals surface area contributed by atoms with E-state index in [0.29, 0.717) is 25.3 Å².